The first kappa shape index (κ1) is 17.9. The average molecular weight is 397 g/mol. The predicted octanol–water partition coefficient (Wildman–Crippen LogP) is 4.35. The minimum atomic E-state index is -0.180. The van der Waals surface area contributed by atoms with E-state index in [1.165, 1.54) is 0 Å². The van der Waals surface area contributed by atoms with Crippen LogP contribution in [0.4, 0.5) is 5.69 Å². The van der Waals surface area contributed by atoms with Gasteiger partial charge in [0.2, 0.25) is 0 Å². The lowest BCUT2D eigenvalue weighted by Gasteiger charge is -2.07. The molecule has 0 bridgehead atoms. The molecule has 0 saturated carbocycles. The fourth-order valence-corrected chi connectivity index (χ4v) is 3.36. The van der Waals surface area contributed by atoms with Crippen molar-refractivity contribution in [1.29, 1.82) is 0 Å². The molecule has 2 aromatic carbocycles. The van der Waals surface area contributed by atoms with Gasteiger partial charge in [-0.2, -0.15) is 5.10 Å². The molecule has 7 nitrogen and oxygen atoms in total. The quantitative estimate of drug-likeness (QED) is 0.462. The van der Waals surface area contributed by atoms with Crippen LogP contribution in [0.15, 0.2) is 73.2 Å². The Balaban J connectivity index is 1.24. The van der Waals surface area contributed by atoms with E-state index in [4.69, 9.17) is 4.74 Å². The Kier molecular flexibility index (Phi) is 4.40. The van der Waals surface area contributed by atoms with Crippen molar-refractivity contribution >= 4 is 28.1 Å². The Hall–Kier alpha value is -4.13. The number of amides is 1. The van der Waals surface area contributed by atoms with Gasteiger partial charge in [-0.25, -0.2) is 4.98 Å². The van der Waals surface area contributed by atoms with Gasteiger partial charge in [0.1, 0.15) is 18.0 Å². The van der Waals surface area contributed by atoms with E-state index in [9.17, 15) is 4.79 Å². The molecule has 0 spiro atoms. The van der Waals surface area contributed by atoms with E-state index in [1.54, 1.807) is 30.5 Å². The first-order valence-electron chi connectivity index (χ1n) is 9.56. The van der Waals surface area contributed by atoms with Gasteiger partial charge in [-0.15, -0.1) is 0 Å². The number of carbonyl (C=O) groups is 1. The number of rotatable bonds is 5. The highest BCUT2D eigenvalue weighted by Crippen LogP contribution is 2.19. The van der Waals surface area contributed by atoms with Crippen LogP contribution in [0.1, 0.15) is 21.6 Å². The van der Waals surface area contributed by atoms with Gasteiger partial charge >= 0.3 is 0 Å². The molecular weight excluding hydrogens is 378 g/mol. The molecule has 0 radical (unpaired) electrons. The van der Waals surface area contributed by atoms with Gasteiger partial charge in [-0.3, -0.25) is 9.89 Å². The molecule has 3 heterocycles. The SMILES string of the molecule is Cc1cccn2cc(COc3ccc(C(=O)Nc4ccc5[nH]ncc5c4)cc3)nc12. The lowest BCUT2D eigenvalue weighted by molar-refractivity contribution is 0.102. The molecule has 0 aliphatic rings. The van der Waals surface area contributed by atoms with E-state index in [1.807, 2.05) is 54.0 Å². The van der Waals surface area contributed by atoms with E-state index in [2.05, 4.69) is 20.5 Å². The molecule has 2 N–H and O–H groups in total. The molecule has 5 aromatic rings. The maximum Gasteiger partial charge on any atom is 0.255 e. The first-order valence-corrected chi connectivity index (χ1v) is 9.56. The Morgan fingerprint density at radius 3 is 2.87 bits per heavy atom. The Labute approximate surface area is 172 Å². The number of pyridine rings is 1. The number of aryl methyl sites for hydroxylation is 1. The summed E-state index contributed by atoms with van der Waals surface area (Å²) in [5, 5.41) is 10.7. The number of H-pyrrole nitrogens is 1. The molecule has 30 heavy (non-hydrogen) atoms. The number of nitrogens with zero attached hydrogens (tertiary/aromatic N) is 3. The van der Waals surface area contributed by atoms with Gasteiger partial charge < -0.3 is 14.5 Å². The summed E-state index contributed by atoms with van der Waals surface area (Å²) in [6, 6.07) is 16.7. The van der Waals surface area contributed by atoms with Crippen molar-refractivity contribution in [2.75, 3.05) is 5.32 Å². The van der Waals surface area contributed by atoms with E-state index < -0.39 is 0 Å². The van der Waals surface area contributed by atoms with Gasteiger partial charge in [0.15, 0.2) is 0 Å². The normalized spacial score (nSPS) is 11.1. The Bertz CT molecular complexity index is 1350. The number of fused-ring (bicyclic) bond motifs is 2. The fourth-order valence-electron chi connectivity index (χ4n) is 3.36. The number of hydrogen-bond acceptors (Lipinski definition) is 4. The summed E-state index contributed by atoms with van der Waals surface area (Å²) in [7, 11) is 0. The summed E-state index contributed by atoms with van der Waals surface area (Å²) in [6.45, 7) is 2.39. The van der Waals surface area contributed by atoms with Crippen molar-refractivity contribution in [3.8, 4) is 5.75 Å². The average Bonchev–Trinajstić information content (AvgIpc) is 3.39. The second-order valence-corrected chi connectivity index (χ2v) is 7.09. The topological polar surface area (TPSA) is 84.3 Å². The number of aromatic nitrogens is 4. The highest BCUT2D eigenvalue weighted by atomic mass is 16.5. The van der Waals surface area contributed by atoms with Crippen molar-refractivity contribution in [2.45, 2.75) is 13.5 Å². The number of imidazole rings is 1. The molecule has 0 atom stereocenters. The van der Waals surface area contributed by atoms with Gasteiger partial charge in [0.25, 0.3) is 5.91 Å². The number of aromatic amines is 1. The minimum Gasteiger partial charge on any atom is -0.487 e. The summed E-state index contributed by atoms with van der Waals surface area (Å²) >= 11 is 0. The molecule has 0 aliphatic heterocycles. The highest BCUT2D eigenvalue weighted by molar-refractivity contribution is 6.05. The number of anilines is 1. The van der Waals surface area contributed by atoms with Gasteiger partial charge in [0.05, 0.1) is 17.4 Å². The van der Waals surface area contributed by atoms with Gasteiger partial charge in [-0.1, -0.05) is 6.07 Å². The second-order valence-electron chi connectivity index (χ2n) is 7.09. The number of carbonyl (C=O) groups excluding carboxylic acids is 1. The van der Waals surface area contributed by atoms with Crippen LogP contribution in [0.25, 0.3) is 16.6 Å². The smallest absolute Gasteiger partial charge is 0.255 e. The number of ether oxygens (including phenoxy) is 1. The van der Waals surface area contributed by atoms with E-state index in [0.29, 0.717) is 17.9 Å². The predicted molar refractivity (Wildman–Crippen MR) is 115 cm³/mol. The van der Waals surface area contributed by atoms with Crippen molar-refractivity contribution < 1.29 is 9.53 Å². The molecule has 1 amide bonds. The summed E-state index contributed by atoms with van der Waals surface area (Å²) < 4.78 is 7.82. The zero-order valence-corrected chi connectivity index (χ0v) is 16.3. The number of hydrogen-bond donors (Lipinski definition) is 2. The molecule has 0 aliphatic carbocycles. The van der Waals surface area contributed by atoms with Crippen LogP contribution in [0.3, 0.4) is 0 Å². The molecular formula is C23H19N5O2. The fraction of sp³-hybridized carbons (Fsp3) is 0.0870. The minimum absolute atomic E-state index is 0.180. The Morgan fingerprint density at radius 1 is 1.17 bits per heavy atom. The Morgan fingerprint density at radius 2 is 2.03 bits per heavy atom. The summed E-state index contributed by atoms with van der Waals surface area (Å²) in [5.41, 5.74) is 5.09. The van der Waals surface area contributed by atoms with Crippen LogP contribution in [0.5, 0.6) is 5.75 Å². The van der Waals surface area contributed by atoms with Gasteiger partial charge in [0, 0.05) is 29.0 Å². The third-order valence-corrected chi connectivity index (χ3v) is 4.93. The molecule has 148 valence electrons. The van der Waals surface area contributed by atoms with Crippen LogP contribution in [-0.4, -0.2) is 25.5 Å². The maximum absolute atomic E-state index is 12.5. The number of nitrogens with one attached hydrogen (secondary N) is 2. The van der Waals surface area contributed by atoms with Crippen LogP contribution in [0, 0.1) is 6.92 Å². The monoisotopic (exact) mass is 397 g/mol. The summed E-state index contributed by atoms with van der Waals surface area (Å²) in [5.74, 6) is 0.500. The van der Waals surface area contributed by atoms with Crippen molar-refractivity contribution in [2.24, 2.45) is 0 Å². The molecule has 0 fully saturated rings. The van der Waals surface area contributed by atoms with Crippen molar-refractivity contribution in [3.63, 3.8) is 0 Å². The molecule has 7 heteroatoms. The summed E-state index contributed by atoms with van der Waals surface area (Å²) in [6.07, 6.45) is 5.65. The van der Waals surface area contributed by atoms with Crippen LogP contribution < -0.4 is 10.1 Å². The zero-order valence-electron chi connectivity index (χ0n) is 16.3. The van der Waals surface area contributed by atoms with E-state index in [0.717, 1.165) is 33.5 Å². The lowest BCUT2D eigenvalue weighted by Crippen LogP contribution is -2.11. The largest absolute Gasteiger partial charge is 0.487 e. The van der Waals surface area contributed by atoms with Crippen LogP contribution in [-0.2, 0) is 6.61 Å². The molecule has 3 aromatic heterocycles. The molecule has 5 rings (SSSR count). The second kappa shape index (κ2) is 7.36. The maximum atomic E-state index is 12.5. The van der Waals surface area contributed by atoms with Crippen LogP contribution in [0.2, 0.25) is 0 Å². The molecule has 0 saturated heterocycles. The first-order chi connectivity index (χ1) is 14.7. The summed E-state index contributed by atoms with van der Waals surface area (Å²) in [4.78, 5) is 17.1. The zero-order chi connectivity index (χ0) is 20.5. The highest BCUT2D eigenvalue weighted by Gasteiger charge is 2.08. The third-order valence-electron chi connectivity index (χ3n) is 4.93. The van der Waals surface area contributed by atoms with E-state index in [-0.39, 0.29) is 5.91 Å². The number of benzene rings is 2. The van der Waals surface area contributed by atoms with Crippen molar-refractivity contribution in [1.82, 2.24) is 19.6 Å². The molecule has 0 unspecified atom stereocenters. The van der Waals surface area contributed by atoms with E-state index >= 15 is 0 Å². The third kappa shape index (κ3) is 3.48. The standard InChI is InChI=1S/C23H19N5O2/c1-15-3-2-10-28-13-19(25-22(15)28)14-30-20-7-4-16(5-8-20)23(29)26-18-6-9-21-17(11-18)12-24-27-21/h2-13H,14H2,1H3,(H,24,27)(H,26,29). The lowest BCUT2D eigenvalue weighted by atomic mass is 10.2. The van der Waals surface area contributed by atoms with Crippen LogP contribution >= 0.6 is 0 Å². The van der Waals surface area contributed by atoms with Gasteiger partial charge in [-0.05, 0) is 61.0 Å². The van der Waals surface area contributed by atoms with Crippen molar-refractivity contribution in [3.05, 3.63) is 90.0 Å².